The average molecular weight is 407 g/mol. The quantitative estimate of drug-likeness (QED) is 0.625. The van der Waals surface area contributed by atoms with Gasteiger partial charge in [0.1, 0.15) is 5.60 Å². The molecule has 0 aromatic carbocycles. The molecule has 29 heavy (non-hydrogen) atoms. The van der Waals surface area contributed by atoms with Crippen LogP contribution in [-0.2, 0) is 9.47 Å². The zero-order chi connectivity index (χ0) is 20.6. The summed E-state index contributed by atoms with van der Waals surface area (Å²) in [7, 11) is 0. The number of aliphatic hydroxyl groups is 3. The fraction of sp³-hybridized carbons (Fsp3) is 1.00. The van der Waals surface area contributed by atoms with Gasteiger partial charge in [-0.05, 0) is 75.5 Å². The van der Waals surface area contributed by atoms with E-state index in [-0.39, 0.29) is 46.6 Å². The topological polar surface area (TPSA) is 82.5 Å². The maximum atomic E-state index is 11.7. The molecule has 1 saturated heterocycles. The van der Waals surface area contributed by atoms with Gasteiger partial charge < -0.3 is 24.8 Å². The first-order valence-corrected chi connectivity index (χ1v) is 11.9. The van der Waals surface area contributed by atoms with Crippen molar-refractivity contribution in [2.45, 2.75) is 95.7 Å². The summed E-state index contributed by atoms with van der Waals surface area (Å²) in [6.07, 6.45) is 5.69. The summed E-state index contributed by atoms with van der Waals surface area (Å²) >= 11 is 0. The molecule has 5 nitrogen and oxygen atoms in total. The first-order chi connectivity index (χ1) is 13.6. The zero-order valence-electron chi connectivity index (χ0n) is 18.4. The average Bonchev–Trinajstić information content (AvgIpc) is 3.53. The van der Waals surface area contributed by atoms with Gasteiger partial charge in [-0.2, -0.15) is 0 Å². The minimum atomic E-state index is -0.428. The van der Waals surface area contributed by atoms with Crippen LogP contribution in [0, 0.1) is 39.9 Å². The minimum Gasteiger partial charge on any atom is -0.394 e. The molecule has 0 aromatic rings. The molecule has 3 N–H and O–H groups in total. The summed E-state index contributed by atoms with van der Waals surface area (Å²) in [4.78, 5) is 0. The number of rotatable bonds is 4. The molecule has 5 aliphatic carbocycles. The predicted molar refractivity (Wildman–Crippen MR) is 107 cm³/mol. The van der Waals surface area contributed by atoms with Gasteiger partial charge in [-0.15, -0.1) is 0 Å². The lowest BCUT2D eigenvalue weighted by Crippen LogP contribution is -2.66. The van der Waals surface area contributed by atoms with Crippen molar-refractivity contribution in [2.75, 3.05) is 13.2 Å². The van der Waals surface area contributed by atoms with Gasteiger partial charge in [-0.3, -0.25) is 0 Å². The Morgan fingerprint density at radius 1 is 1.07 bits per heavy atom. The Labute approximate surface area is 174 Å². The Hall–Kier alpha value is -0.200. The van der Waals surface area contributed by atoms with Crippen molar-refractivity contribution in [3.63, 3.8) is 0 Å². The minimum absolute atomic E-state index is 0.0129. The molecule has 5 saturated carbocycles. The van der Waals surface area contributed by atoms with Gasteiger partial charge in [-0.1, -0.05) is 13.8 Å². The lowest BCUT2D eigenvalue weighted by atomic mass is 9.43. The van der Waals surface area contributed by atoms with Gasteiger partial charge in [0.05, 0.1) is 37.1 Å². The highest BCUT2D eigenvalue weighted by atomic mass is 16.6. The van der Waals surface area contributed by atoms with Crippen LogP contribution in [0.4, 0.5) is 0 Å². The predicted octanol–water partition coefficient (Wildman–Crippen LogP) is 2.51. The maximum absolute atomic E-state index is 11.7. The van der Waals surface area contributed by atoms with Crippen LogP contribution in [0.15, 0.2) is 0 Å². The molecular formula is C24H38O5. The van der Waals surface area contributed by atoms with E-state index in [4.69, 9.17) is 9.47 Å². The van der Waals surface area contributed by atoms with Crippen molar-refractivity contribution >= 4 is 0 Å². The number of hydrogen-bond donors (Lipinski definition) is 3. The van der Waals surface area contributed by atoms with E-state index in [1.54, 1.807) is 0 Å². The fourth-order valence-corrected chi connectivity index (χ4v) is 10.1. The van der Waals surface area contributed by atoms with Gasteiger partial charge in [0, 0.05) is 16.7 Å². The normalized spacial score (nSPS) is 62.0. The zero-order valence-corrected chi connectivity index (χ0v) is 18.4. The lowest BCUT2D eigenvalue weighted by Gasteiger charge is -2.62. The van der Waals surface area contributed by atoms with Gasteiger partial charge in [0.15, 0.2) is 0 Å². The van der Waals surface area contributed by atoms with Crippen LogP contribution in [0.25, 0.3) is 0 Å². The summed E-state index contributed by atoms with van der Waals surface area (Å²) in [5, 5.41) is 32.3. The Bertz CT molecular complexity index is 739. The second-order valence-corrected chi connectivity index (χ2v) is 12.3. The number of hydrogen-bond acceptors (Lipinski definition) is 5. The summed E-state index contributed by atoms with van der Waals surface area (Å²) in [6.45, 7) is 9.19. The maximum Gasteiger partial charge on any atom is 0.106 e. The third kappa shape index (κ3) is 1.90. The third-order valence-corrected chi connectivity index (χ3v) is 11.5. The summed E-state index contributed by atoms with van der Waals surface area (Å²) in [5.41, 5.74) is -0.875. The molecule has 6 rings (SSSR count). The third-order valence-electron chi connectivity index (χ3n) is 11.5. The van der Waals surface area contributed by atoms with E-state index in [0.29, 0.717) is 24.4 Å². The Kier molecular flexibility index (Phi) is 3.63. The molecule has 0 aromatic heterocycles. The van der Waals surface area contributed by atoms with Crippen LogP contribution < -0.4 is 0 Å². The second kappa shape index (κ2) is 5.40. The van der Waals surface area contributed by atoms with E-state index in [2.05, 4.69) is 27.7 Å². The van der Waals surface area contributed by atoms with Crippen molar-refractivity contribution in [3.05, 3.63) is 0 Å². The molecule has 0 bridgehead atoms. The van der Waals surface area contributed by atoms with Crippen molar-refractivity contribution < 1.29 is 24.8 Å². The van der Waals surface area contributed by atoms with Crippen molar-refractivity contribution in [3.8, 4) is 0 Å². The molecule has 1 aliphatic heterocycles. The second-order valence-electron chi connectivity index (χ2n) is 12.3. The lowest BCUT2D eigenvalue weighted by molar-refractivity contribution is -0.226. The van der Waals surface area contributed by atoms with Gasteiger partial charge in [0.2, 0.25) is 0 Å². The number of epoxide rings is 1. The molecule has 0 radical (unpaired) electrons. The van der Waals surface area contributed by atoms with Gasteiger partial charge in [-0.25, -0.2) is 0 Å². The van der Waals surface area contributed by atoms with E-state index in [9.17, 15) is 15.3 Å². The Morgan fingerprint density at radius 2 is 1.79 bits per heavy atom. The smallest absolute Gasteiger partial charge is 0.106 e. The van der Waals surface area contributed by atoms with Crippen LogP contribution >= 0.6 is 0 Å². The van der Waals surface area contributed by atoms with E-state index in [1.807, 2.05) is 0 Å². The highest BCUT2D eigenvalue weighted by Gasteiger charge is 2.87. The van der Waals surface area contributed by atoms with E-state index >= 15 is 0 Å². The molecule has 1 heterocycles. The number of ether oxygens (including phenoxy) is 2. The van der Waals surface area contributed by atoms with Crippen molar-refractivity contribution in [1.29, 1.82) is 0 Å². The monoisotopic (exact) mass is 406 g/mol. The SMILES string of the molecule is CC(C)(OCCO)C1C[C@H]2O[C@]23C2C[C@@H](O)[C@]45CC4CC[C@]5(C)C2C[C@@H](O)[C@]13C. The Morgan fingerprint density at radius 3 is 2.48 bits per heavy atom. The van der Waals surface area contributed by atoms with Crippen LogP contribution in [-0.4, -0.2) is 58.0 Å². The van der Waals surface area contributed by atoms with Crippen LogP contribution in [0.5, 0.6) is 0 Å². The van der Waals surface area contributed by atoms with Gasteiger partial charge in [0.25, 0.3) is 0 Å². The number of aliphatic hydroxyl groups excluding tert-OH is 3. The van der Waals surface area contributed by atoms with Crippen molar-refractivity contribution in [1.82, 2.24) is 0 Å². The molecular weight excluding hydrogens is 368 g/mol. The first kappa shape index (κ1) is 19.5. The molecule has 164 valence electrons. The van der Waals surface area contributed by atoms with E-state index in [0.717, 1.165) is 19.3 Å². The summed E-state index contributed by atoms with van der Waals surface area (Å²) in [6, 6.07) is 0. The van der Waals surface area contributed by atoms with Crippen molar-refractivity contribution in [2.24, 2.45) is 39.9 Å². The summed E-state index contributed by atoms with van der Waals surface area (Å²) in [5.74, 6) is 1.63. The highest BCUT2D eigenvalue weighted by Crippen LogP contribution is 2.84. The molecule has 6 fully saturated rings. The molecule has 6 aliphatic rings. The molecule has 2 spiro atoms. The molecule has 0 amide bonds. The van der Waals surface area contributed by atoms with E-state index in [1.165, 1.54) is 19.3 Å². The summed E-state index contributed by atoms with van der Waals surface area (Å²) < 4.78 is 12.6. The largest absolute Gasteiger partial charge is 0.394 e. The van der Waals surface area contributed by atoms with Crippen LogP contribution in [0.3, 0.4) is 0 Å². The standard InChI is InChI=1S/C24H38O5/c1-20(2,28-8-7-25)16-11-19-24(29-19)15-10-18(27)23-12-13(23)5-6-21(23,3)14(15)9-17(26)22(16,24)4/h13-19,25-27H,5-12H2,1-4H3/t13?,14?,15?,16?,17-,18-,19-,21-,22+,23+,24-/m1/s1. The molecule has 4 unspecified atom stereocenters. The first-order valence-electron chi connectivity index (χ1n) is 11.9. The molecule has 5 heteroatoms. The van der Waals surface area contributed by atoms with E-state index < -0.39 is 11.7 Å². The highest BCUT2D eigenvalue weighted by molar-refractivity contribution is 5.35. The van der Waals surface area contributed by atoms with Gasteiger partial charge >= 0.3 is 0 Å². The van der Waals surface area contributed by atoms with Crippen LogP contribution in [0.1, 0.15) is 66.2 Å². The number of fused-ring (bicyclic) bond motifs is 2. The Balaban J connectivity index is 1.39. The van der Waals surface area contributed by atoms with Crippen LogP contribution in [0.2, 0.25) is 0 Å². The molecule has 11 atom stereocenters. The fourth-order valence-electron chi connectivity index (χ4n) is 10.1.